The summed E-state index contributed by atoms with van der Waals surface area (Å²) in [6.45, 7) is 25.9. The Hall–Kier alpha value is -3.60. The van der Waals surface area contributed by atoms with E-state index in [1.807, 2.05) is 30.3 Å². The van der Waals surface area contributed by atoms with Crippen LogP contribution in [0.3, 0.4) is 0 Å². The molecule has 0 amide bonds. The van der Waals surface area contributed by atoms with Crippen molar-refractivity contribution >= 4 is 23.8 Å². The van der Waals surface area contributed by atoms with Crippen molar-refractivity contribution in [2.75, 3.05) is 7.11 Å². The lowest BCUT2D eigenvalue weighted by Crippen LogP contribution is -2.15. The fourth-order valence-corrected chi connectivity index (χ4v) is 5.33. The molecule has 0 aliphatic carbocycles. The number of aromatic hydroxyl groups is 2. The SMILES string of the molecule is COc1ccc(N=Cc2cc(CC(C)(C)C)cc(C(C)(C)C)c2O)c(N=Cc2cc(CC(C)(C)C)cc(C(C)(C)C)c2O)c1. The van der Waals surface area contributed by atoms with Gasteiger partial charge in [0.15, 0.2) is 0 Å². The van der Waals surface area contributed by atoms with Crippen LogP contribution in [0.1, 0.15) is 116 Å². The first-order valence-corrected chi connectivity index (χ1v) is 15.6. The van der Waals surface area contributed by atoms with Crippen LogP contribution in [-0.4, -0.2) is 29.8 Å². The summed E-state index contributed by atoms with van der Waals surface area (Å²) < 4.78 is 5.51. The maximum Gasteiger partial charge on any atom is 0.128 e. The Morgan fingerprint density at radius 3 is 1.36 bits per heavy atom. The molecule has 0 aliphatic rings. The van der Waals surface area contributed by atoms with Crippen LogP contribution in [0.5, 0.6) is 17.2 Å². The molecule has 0 saturated heterocycles. The zero-order valence-electron chi connectivity index (χ0n) is 29.3. The maximum atomic E-state index is 11.3. The average Bonchev–Trinajstić information content (AvgIpc) is 2.86. The average molecular weight is 599 g/mol. The normalized spacial score (nSPS) is 13.3. The van der Waals surface area contributed by atoms with E-state index in [0.29, 0.717) is 28.3 Å². The van der Waals surface area contributed by atoms with Gasteiger partial charge in [-0.1, -0.05) is 95.2 Å². The molecule has 3 aromatic carbocycles. The number of ether oxygens (including phenoxy) is 1. The first-order valence-electron chi connectivity index (χ1n) is 15.6. The summed E-state index contributed by atoms with van der Waals surface area (Å²) in [5, 5.41) is 22.6. The fraction of sp³-hybridized carbons (Fsp3) is 0.487. The second-order valence-electron chi connectivity index (χ2n) is 16.5. The highest BCUT2D eigenvalue weighted by atomic mass is 16.5. The van der Waals surface area contributed by atoms with Crippen LogP contribution < -0.4 is 4.74 Å². The van der Waals surface area contributed by atoms with E-state index in [2.05, 4.69) is 95.2 Å². The highest BCUT2D eigenvalue weighted by Crippen LogP contribution is 2.39. The lowest BCUT2D eigenvalue weighted by Gasteiger charge is -2.25. The Morgan fingerprint density at radius 2 is 1.00 bits per heavy atom. The number of phenols is 2. The molecule has 3 rings (SSSR count). The minimum Gasteiger partial charge on any atom is -0.507 e. The first kappa shape index (κ1) is 34.9. The Morgan fingerprint density at radius 1 is 0.591 bits per heavy atom. The van der Waals surface area contributed by atoms with Crippen LogP contribution in [0.4, 0.5) is 11.4 Å². The van der Waals surface area contributed by atoms with Crippen molar-refractivity contribution in [3.63, 3.8) is 0 Å². The summed E-state index contributed by atoms with van der Waals surface area (Å²) >= 11 is 0. The summed E-state index contributed by atoms with van der Waals surface area (Å²) in [4.78, 5) is 9.64. The smallest absolute Gasteiger partial charge is 0.128 e. The van der Waals surface area contributed by atoms with Crippen LogP contribution in [0.2, 0.25) is 0 Å². The quantitative estimate of drug-likeness (QED) is 0.266. The van der Waals surface area contributed by atoms with E-state index in [9.17, 15) is 10.2 Å². The van der Waals surface area contributed by atoms with E-state index in [-0.39, 0.29) is 33.2 Å². The van der Waals surface area contributed by atoms with Gasteiger partial charge in [-0.2, -0.15) is 0 Å². The molecule has 0 radical (unpaired) electrons. The van der Waals surface area contributed by atoms with Gasteiger partial charge in [-0.15, -0.1) is 0 Å². The Labute approximate surface area is 266 Å². The molecule has 2 N–H and O–H groups in total. The van der Waals surface area contributed by atoms with Crippen LogP contribution in [0, 0.1) is 10.8 Å². The van der Waals surface area contributed by atoms with Crippen LogP contribution >= 0.6 is 0 Å². The topological polar surface area (TPSA) is 74.4 Å². The van der Waals surface area contributed by atoms with Crippen LogP contribution in [0.25, 0.3) is 0 Å². The fourth-order valence-electron chi connectivity index (χ4n) is 5.33. The van der Waals surface area contributed by atoms with Gasteiger partial charge in [0.2, 0.25) is 0 Å². The van der Waals surface area contributed by atoms with Gasteiger partial charge in [-0.3, -0.25) is 9.98 Å². The van der Waals surface area contributed by atoms with Crippen molar-refractivity contribution in [2.45, 2.75) is 107 Å². The van der Waals surface area contributed by atoms with Crippen LogP contribution in [-0.2, 0) is 23.7 Å². The van der Waals surface area contributed by atoms with Crippen molar-refractivity contribution in [1.82, 2.24) is 0 Å². The zero-order chi connectivity index (χ0) is 33.3. The molecule has 0 aliphatic heterocycles. The molecule has 0 atom stereocenters. The second kappa shape index (κ2) is 12.8. The van der Waals surface area contributed by atoms with Gasteiger partial charge in [-0.05, 0) is 69.9 Å². The molecule has 0 fully saturated rings. The summed E-state index contributed by atoms with van der Waals surface area (Å²) in [5.41, 5.74) is 6.40. The number of methoxy groups -OCH3 is 1. The van der Waals surface area contributed by atoms with Gasteiger partial charge in [0.25, 0.3) is 0 Å². The van der Waals surface area contributed by atoms with E-state index >= 15 is 0 Å². The number of nitrogens with zero attached hydrogens (tertiary/aromatic N) is 2. The molecule has 0 saturated carbocycles. The van der Waals surface area contributed by atoms with Gasteiger partial charge in [0.1, 0.15) is 17.2 Å². The molecule has 0 spiro atoms. The third-order valence-corrected chi connectivity index (χ3v) is 7.35. The summed E-state index contributed by atoms with van der Waals surface area (Å²) in [7, 11) is 1.62. The van der Waals surface area contributed by atoms with Crippen LogP contribution in [0.15, 0.2) is 52.4 Å². The number of benzene rings is 3. The Kier molecular flexibility index (Phi) is 10.1. The molecule has 44 heavy (non-hydrogen) atoms. The Bertz CT molecular complexity index is 1540. The number of hydrogen-bond acceptors (Lipinski definition) is 5. The minimum atomic E-state index is -0.235. The monoisotopic (exact) mass is 598 g/mol. The molecule has 0 bridgehead atoms. The van der Waals surface area contributed by atoms with E-state index < -0.39 is 0 Å². The molecule has 238 valence electrons. The lowest BCUT2D eigenvalue weighted by atomic mass is 9.81. The van der Waals surface area contributed by atoms with Crippen molar-refractivity contribution in [2.24, 2.45) is 20.8 Å². The molecule has 5 heteroatoms. The van der Waals surface area contributed by atoms with Gasteiger partial charge in [0, 0.05) is 40.7 Å². The highest BCUT2D eigenvalue weighted by molar-refractivity contribution is 5.90. The highest BCUT2D eigenvalue weighted by Gasteiger charge is 2.24. The molecular formula is C39H54N2O3. The third-order valence-electron chi connectivity index (χ3n) is 7.35. The Balaban J connectivity index is 2.13. The number of rotatable bonds is 7. The van der Waals surface area contributed by atoms with Crippen molar-refractivity contribution < 1.29 is 14.9 Å². The van der Waals surface area contributed by atoms with Gasteiger partial charge >= 0.3 is 0 Å². The number of phenolic OH excluding ortho intramolecular Hbond substituents is 2. The minimum absolute atomic E-state index is 0.0951. The third kappa shape index (κ3) is 9.45. The molecule has 0 unspecified atom stereocenters. The van der Waals surface area contributed by atoms with E-state index in [0.717, 1.165) is 35.1 Å². The summed E-state index contributed by atoms with van der Waals surface area (Å²) in [6.07, 6.45) is 5.18. The van der Waals surface area contributed by atoms with E-state index in [1.165, 1.54) is 0 Å². The summed E-state index contributed by atoms with van der Waals surface area (Å²) in [6, 6.07) is 13.8. The van der Waals surface area contributed by atoms with Gasteiger partial charge in [0.05, 0.1) is 18.5 Å². The first-order chi connectivity index (χ1) is 20.1. The predicted octanol–water partition coefficient (Wildman–Crippen LogP) is 10.4. The second-order valence-corrected chi connectivity index (χ2v) is 16.5. The maximum absolute atomic E-state index is 11.3. The molecule has 5 nitrogen and oxygen atoms in total. The summed E-state index contributed by atoms with van der Waals surface area (Å²) in [5.74, 6) is 1.14. The zero-order valence-corrected chi connectivity index (χ0v) is 29.3. The van der Waals surface area contributed by atoms with E-state index in [1.54, 1.807) is 19.5 Å². The van der Waals surface area contributed by atoms with Gasteiger partial charge in [-0.25, -0.2) is 0 Å². The number of aliphatic imine (C=N–C) groups is 2. The standard InChI is InChI=1S/C39H54N2O3/c1-36(2,3)21-25-16-27(34(42)30(18-25)38(7,8)9)23-40-32-15-14-29(44-13)20-33(32)41-24-28-17-26(22-37(4,5)6)19-31(35(28)43)39(10,11)12/h14-20,23-24,42-43H,21-22H2,1-13H3. The van der Waals surface area contributed by atoms with Gasteiger partial charge < -0.3 is 14.9 Å². The number of hydrogen-bond donors (Lipinski definition) is 2. The molecular weight excluding hydrogens is 544 g/mol. The molecule has 0 aromatic heterocycles. The predicted molar refractivity (Wildman–Crippen MR) is 187 cm³/mol. The molecule has 3 aromatic rings. The largest absolute Gasteiger partial charge is 0.507 e. The van der Waals surface area contributed by atoms with Crippen molar-refractivity contribution in [3.05, 3.63) is 75.8 Å². The van der Waals surface area contributed by atoms with Crippen molar-refractivity contribution in [1.29, 1.82) is 0 Å². The molecule has 0 heterocycles. The van der Waals surface area contributed by atoms with Crippen molar-refractivity contribution in [3.8, 4) is 17.2 Å². The lowest BCUT2D eigenvalue weighted by molar-refractivity contribution is 0.408. The van der Waals surface area contributed by atoms with E-state index in [4.69, 9.17) is 14.7 Å².